The van der Waals surface area contributed by atoms with Crippen LogP contribution < -0.4 is 15.0 Å². The van der Waals surface area contributed by atoms with Crippen molar-refractivity contribution in [1.82, 2.24) is 4.98 Å². The lowest BCUT2D eigenvalue weighted by atomic mass is 10.2. The van der Waals surface area contributed by atoms with Crippen LogP contribution in [-0.2, 0) is 4.74 Å². The van der Waals surface area contributed by atoms with Crippen LogP contribution in [-0.4, -0.2) is 43.6 Å². The molecule has 6 nitrogen and oxygen atoms in total. The zero-order chi connectivity index (χ0) is 18.6. The van der Waals surface area contributed by atoms with Gasteiger partial charge in [0.15, 0.2) is 0 Å². The maximum atomic E-state index is 12.2. The number of hydrogen-bond donors (Lipinski definition) is 1. The molecule has 1 aliphatic heterocycles. The van der Waals surface area contributed by atoms with E-state index in [0.29, 0.717) is 19.0 Å². The summed E-state index contributed by atoms with van der Waals surface area (Å²) in [5.41, 5.74) is 1.12. The van der Waals surface area contributed by atoms with Crippen molar-refractivity contribution in [3.05, 3.63) is 48.2 Å². The number of carbonyl (C=O) groups is 1. The molecule has 0 radical (unpaired) electrons. The van der Waals surface area contributed by atoms with Gasteiger partial charge in [-0.3, -0.25) is 4.79 Å². The molecule has 0 spiro atoms. The number of alkyl halides is 3. The lowest BCUT2D eigenvalue weighted by molar-refractivity contribution is -0.274. The SMILES string of the molecule is O=C(Nc1ccc(N2CCOCC2)cn1)c1ccc(OC(F)(F)F)cc1. The van der Waals surface area contributed by atoms with Gasteiger partial charge in [0.1, 0.15) is 11.6 Å². The molecular weight excluding hydrogens is 351 g/mol. The van der Waals surface area contributed by atoms with Crippen molar-refractivity contribution >= 4 is 17.4 Å². The number of nitrogens with one attached hydrogen (secondary N) is 1. The smallest absolute Gasteiger partial charge is 0.406 e. The van der Waals surface area contributed by atoms with Gasteiger partial charge in [-0.2, -0.15) is 0 Å². The fourth-order valence-corrected chi connectivity index (χ4v) is 2.47. The average molecular weight is 367 g/mol. The highest BCUT2D eigenvalue weighted by Gasteiger charge is 2.31. The largest absolute Gasteiger partial charge is 0.573 e. The van der Waals surface area contributed by atoms with E-state index < -0.39 is 12.3 Å². The predicted molar refractivity (Wildman–Crippen MR) is 88.3 cm³/mol. The number of nitrogens with zero attached hydrogens (tertiary/aromatic N) is 2. The van der Waals surface area contributed by atoms with E-state index in [9.17, 15) is 18.0 Å². The molecule has 138 valence electrons. The second-order valence-corrected chi connectivity index (χ2v) is 5.53. The molecule has 0 atom stereocenters. The number of halogens is 3. The van der Waals surface area contributed by atoms with Gasteiger partial charge in [-0.25, -0.2) is 4.98 Å². The summed E-state index contributed by atoms with van der Waals surface area (Å²) in [4.78, 5) is 18.5. The van der Waals surface area contributed by atoms with E-state index in [1.54, 1.807) is 12.3 Å². The molecule has 1 aromatic carbocycles. The van der Waals surface area contributed by atoms with Crippen LogP contribution in [0.2, 0.25) is 0 Å². The van der Waals surface area contributed by atoms with Crippen molar-refractivity contribution in [2.75, 3.05) is 36.5 Å². The van der Waals surface area contributed by atoms with Crippen molar-refractivity contribution in [3.8, 4) is 5.75 Å². The van der Waals surface area contributed by atoms with E-state index in [-0.39, 0.29) is 11.3 Å². The van der Waals surface area contributed by atoms with Gasteiger partial charge in [0.2, 0.25) is 0 Å². The van der Waals surface area contributed by atoms with E-state index in [1.165, 1.54) is 12.1 Å². The van der Waals surface area contributed by atoms with Crippen LogP contribution >= 0.6 is 0 Å². The third-order valence-electron chi connectivity index (χ3n) is 3.72. The average Bonchev–Trinajstić information content (AvgIpc) is 2.62. The Balaban J connectivity index is 1.60. The van der Waals surface area contributed by atoms with Crippen molar-refractivity contribution in [3.63, 3.8) is 0 Å². The van der Waals surface area contributed by atoms with Gasteiger partial charge < -0.3 is 19.7 Å². The molecule has 9 heteroatoms. The predicted octanol–water partition coefficient (Wildman–Crippen LogP) is 3.07. The molecule has 2 heterocycles. The van der Waals surface area contributed by atoms with Gasteiger partial charge in [-0.15, -0.1) is 13.2 Å². The Hall–Kier alpha value is -2.81. The molecule has 0 saturated carbocycles. The standard InChI is InChI=1S/C17H16F3N3O3/c18-17(19,20)26-14-4-1-12(2-5-14)16(24)22-15-6-3-13(11-21-15)23-7-9-25-10-8-23/h1-6,11H,7-10H2,(H,21,22,24). The Morgan fingerprint density at radius 1 is 1.12 bits per heavy atom. The summed E-state index contributed by atoms with van der Waals surface area (Å²) >= 11 is 0. The summed E-state index contributed by atoms with van der Waals surface area (Å²) in [7, 11) is 0. The van der Waals surface area contributed by atoms with E-state index in [2.05, 4.69) is 19.9 Å². The summed E-state index contributed by atoms with van der Waals surface area (Å²) in [5, 5.41) is 2.60. The first-order chi connectivity index (χ1) is 12.4. The molecule has 26 heavy (non-hydrogen) atoms. The Morgan fingerprint density at radius 3 is 2.38 bits per heavy atom. The highest BCUT2D eigenvalue weighted by Crippen LogP contribution is 2.23. The number of anilines is 2. The summed E-state index contributed by atoms with van der Waals surface area (Å²) in [6.07, 6.45) is -3.11. The zero-order valence-corrected chi connectivity index (χ0v) is 13.6. The lowest BCUT2D eigenvalue weighted by Gasteiger charge is -2.28. The van der Waals surface area contributed by atoms with Crippen LogP contribution in [0.15, 0.2) is 42.6 Å². The normalized spacial score (nSPS) is 14.8. The second-order valence-electron chi connectivity index (χ2n) is 5.53. The van der Waals surface area contributed by atoms with Crippen LogP contribution in [0.25, 0.3) is 0 Å². The van der Waals surface area contributed by atoms with Gasteiger partial charge >= 0.3 is 6.36 Å². The molecule has 0 unspecified atom stereocenters. The highest BCUT2D eigenvalue weighted by molar-refractivity contribution is 6.03. The highest BCUT2D eigenvalue weighted by atomic mass is 19.4. The number of carbonyl (C=O) groups excluding carboxylic acids is 1. The van der Waals surface area contributed by atoms with E-state index in [0.717, 1.165) is 30.9 Å². The Bertz CT molecular complexity index is 743. The molecule has 1 aliphatic rings. The summed E-state index contributed by atoms with van der Waals surface area (Å²) < 4.78 is 45.5. The van der Waals surface area contributed by atoms with Crippen LogP contribution in [0.3, 0.4) is 0 Å². The molecule has 1 amide bonds. The minimum absolute atomic E-state index is 0.193. The lowest BCUT2D eigenvalue weighted by Crippen LogP contribution is -2.36. The van der Waals surface area contributed by atoms with Crippen molar-refractivity contribution in [2.45, 2.75) is 6.36 Å². The number of pyridine rings is 1. The number of rotatable bonds is 4. The Morgan fingerprint density at radius 2 is 1.81 bits per heavy atom. The molecular formula is C17H16F3N3O3. The molecule has 0 bridgehead atoms. The van der Waals surface area contributed by atoms with Gasteiger partial charge in [-0.05, 0) is 36.4 Å². The maximum Gasteiger partial charge on any atom is 0.573 e. The summed E-state index contributed by atoms with van der Waals surface area (Å²) in [6, 6.07) is 8.17. The van der Waals surface area contributed by atoms with E-state index in [1.807, 2.05) is 6.07 Å². The van der Waals surface area contributed by atoms with Gasteiger partial charge in [0.25, 0.3) is 5.91 Å². The number of hydrogen-bond acceptors (Lipinski definition) is 5. The van der Waals surface area contributed by atoms with Crippen molar-refractivity contribution < 1.29 is 27.4 Å². The zero-order valence-electron chi connectivity index (χ0n) is 13.6. The summed E-state index contributed by atoms with van der Waals surface area (Å²) in [6.45, 7) is 2.87. The maximum absolute atomic E-state index is 12.2. The summed E-state index contributed by atoms with van der Waals surface area (Å²) in [5.74, 6) is -0.514. The minimum Gasteiger partial charge on any atom is -0.406 e. The molecule has 2 aromatic rings. The van der Waals surface area contributed by atoms with Gasteiger partial charge in [0.05, 0.1) is 25.1 Å². The van der Waals surface area contributed by atoms with Crippen molar-refractivity contribution in [1.29, 1.82) is 0 Å². The van der Waals surface area contributed by atoms with E-state index in [4.69, 9.17) is 4.74 Å². The number of aromatic nitrogens is 1. The molecule has 1 saturated heterocycles. The van der Waals surface area contributed by atoms with E-state index >= 15 is 0 Å². The number of morpholine rings is 1. The van der Waals surface area contributed by atoms with Crippen molar-refractivity contribution in [2.24, 2.45) is 0 Å². The third-order valence-corrected chi connectivity index (χ3v) is 3.72. The van der Waals surface area contributed by atoms with Crippen LogP contribution in [0.1, 0.15) is 10.4 Å². The Kier molecular flexibility index (Phi) is 5.27. The monoisotopic (exact) mass is 367 g/mol. The number of benzene rings is 1. The van der Waals surface area contributed by atoms with Crippen LogP contribution in [0.5, 0.6) is 5.75 Å². The minimum atomic E-state index is -4.77. The fourth-order valence-electron chi connectivity index (χ4n) is 2.47. The molecule has 1 aromatic heterocycles. The quantitative estimate of drug-likeness (QED) is 0.900. The molecule has 1 N–H and O–H groups in total. The Labute approximate surface area is 147 Å². The van der Waals surface area contributed by atoms with Gasteiger partial charge in [-0.1, -0.05) is 0 Å². The second kappa shape index (κ2) is 7.61. The molecule has 0 aliphatic carbocycles. The third kappa shape index (κ3) is 4.85. The number of ether oxygens (including phenoxy) is 2. The number of amides is 1. The van der Waals surface area contributed by atoms with Gasteiger partial charge in [0, 0.05) is 18.7 Å². The first-order valence-electron chi connectivity index (χ1n) is 7.87. The molecule has 3 rings (SSSR count). The molecule has 1 fully saturated rings. The first-order valence-corrected chi connectivity index (χ1v) is 7.87. The fraction of sp³-hybridized carbons (Fsp3) is 0.294. The van der Waals surface area contributed by atoms with Crippen LogP contribution in [0.4, 0.5) is 24.7 Å². The first kappa shape index (κ1) is 18.0. The van der Waals surface area contributed by atoms with Crippen LogP contribution in [0, 0.1) is 0 Å². The topological polar surface area (TPSA) is 63.7 Å².